The van der Waals surface area contributed by atoms with Gasteiger partial charge in [-0.3, -0.25) is 4.72 Å². The summed E-state index contributed by atoms with van der Waals surface area (Å²) < 4.78 is 115. The second-order valence-electron chi connectivity index (χ2n) is 12.3. The Morgan fingerprint density at radius 2 is 0.836 bits per heavy atom. The Bertz CT molecular complexity index is 2370. The van der Waals surface area contributed by atoms with Gasteiger partial charge in [-0.15, -0.1) is 0 Å². The normalized spacial score (nSPS) is 12.1. The van der Waals surface area contributed by atoms with E-state index in [1.807, 2.05) is 26.8 Å². The van der Waals surface area contributed by atoms with E-state index in [0.717, 1.165) is 21.0 Å². The fraction of sp³-hybridized carbons (Fsp3) is 0.211. The van der Waals surface area contributed by atoms with Gasteiger partial charge in [0.1, 0.15) is 5.75 Å². The van der Waals surface area contributed by atoms with Crippen molar-refractivity contribution >= 4 is 45.8 Å². The van der Waals surface area contributed by atoms with Crippen LogP contribution in [0.25, 0.3) is 0 Å². The van der Waals surface area contributed by atoms with Crippen LogP contribution in [0.4, 0.5) is 5.69 Å². The first-order chi connectivity index (χ1) is 25.9. The Kier molecular flexibility index (Phi) is 14.7. The molecule has 0 bridgehead atoms. The number of methoxy groups -OCH3 is 1. The largest absolute Gasteiger partial charge is 0.497 e. The van der Waals surface area contributed by atoms with Crippen molar-refractivity contribution in [1.29, 1.82) is 0 Å². The summed E-state index contributed by atoms with van der Waals surface area (Å²) in [7, 11) is -13.8. The van der Waals surface area contributed by atoms with Crippen molar-refractivity contribution in [3.05, 3.63) is 144 Å². The monoisotopic (exact) mass is 828 g/mol. The molecule has 0 aliphatic heterocycles. The van der Waals surface area contributed by atoms with Gasteiger partial charge in [0, 0.05) is 31.9 Å². The Morgan fingerprint density at radius 3 is 1.24 bits per heavy atom. The molecule has 0 atom stereocenters. The van der Waals surface area contributed by atoms with Gasteiger partial charge < -0.3 is 4.74 Å². The summed E-state index contributed by atoms with van der Waals surface area (Å²) in [6.07, 6.45) is 0. The summed E-state index contributed by atoms with van der Waals surface area (Å²) >= 11 is 0. The molecular formula is C38H44N4O9S4. The maximum atomic E-state index is 13.3. The van der Waals surface area contributed by atoms with E-state index in [0.29, 0.717) is 11.4 Å². The highest BCUT2D eigenvalue weighted by Gasteiger charge is 2.26. The number of ether oxygens (including phenoxy) is 1. The Morgan fingerprint density at radius 1 is 0.473 bits per heavy atom. The molecule has 0 spiro atoms. The molecule has 0 heterocycles. The van der Waals surface area contributed by atoms with Gasteiger partial charge in [0.15, 0.2) is 0 Å². The zero-order valence-corrected chi connectivity index (χ0v) is 34.0. The number of nitrogens with one attached hydrogen (secondary N) is 3. The van der Waals surface area contributed by atoms with Gasteiger partial charge in [0.25, 0.3) is 10.0 Å². The Balaban J connectivity index is 0.000000311. The number of aryl methyl sites for hydroxylation is 3. The fourth-order valence-electron chi connectivity index (χ4n) is 4.90. The van der Waals surface area contributed by atoms with Crippen LogP contribution in [0.3, 0.4) is 0 Å². The number of anilines is 1. The quantitative estimate of drug-likeness (QED) is 0.122. The molecule has 13 nitrogen and oxygen atoms in total. The van der Waals surface area contributed by atoms with Crippen LogP contribution in [0.2, 0.25) is 0 Å². The van der Waals surface area contributed by atoms with Gasteiger partial charge in [-0.1, -0.05) is 71.3 Å². The van der Waals surface area contributed by atoms with Crippen molar-refractivity contribution in [3.63, 3.8) is 0 Å². The number of hydrogen-bond donors (Lipinski definition) is 3. The predicted octanol–water partition coefficient (Wildman–Crippen LogP) is 5.06. The van der Waals surface area contributed by atoms with Crippen LogP contribution < -0.4 is 18.9 Å². The maximum Gasteiger partial charge on any atom is 0.261 e. The number of hydrogen-bond acceptors (Lipinski definition) is 9. The molecule has 5 aromatic rings. The van der Waals surface area contributed by atoms with Gasteiger partial charge in [-0.05, 0) is 93.6 Å². The zero-order valence-electron chi connectivity index (χ0n) is 30.7. The average molecular weight is 829 g/mol. The first-order valence-corrected chi connectivity index (χ1v) is 22.7. The molecule has 17 heteroatoms. The summed E-state index contributed by atoms with van der Waals surface area (Å²) in [6, 6.07) is 33.8. The van der Waals surface area contributed by atoms with E-state index in [2.05, 4.69) is 14.2 Å². The average Bonchev–Trinajstić information content (AvgIpc) is 3.15. The lowest BCUT2D eigenvalue weighted by molar-refractivity contribution is 0.414. The van der Waals surface area contributed by atoms with Crippen LogP contribution in [-0.2, 0) is 40.1 Å². The molecule has 5 rings (SSSR count). The number of nitrogens with zero attached hydrogens (tertiary/aromatic N) is 1. The van der Waals surface area contributed by atoms with E-state index < -0.39 is 40.1 Å². The van der Waals surface area contributed by atoms with Gasteiger partial charge in [0.05, 0.1) is 26.7 Å². The lowest BCUT2D eigenvalue weighted by Gasteiger charge is -2.23. The molecule has 0 fully saturated rings. The summed E-state index contributed by atoms with van der Waals surface area (Å²) in [5, 5.41) is 0. The van der Waals surface area contributed by atoms with E-state index in [-0.39, 0.29) is 45.8 Å². The van der Waals surface area contributed by atoms with E-state index >= 15 is 0 Å². The minimum absolute atomic E-state index is 0.0286. The van der Waals surface area contributed by atoms with Crippen LogP contribution in [0.1, 0.15) is 16.7 Å². The number of sulfonamides is 4. The molecular weight excluding hydrogens is 785 g/mol. The van der Waals surface area contributed by atoms with E-state index in [9.17, 15) is 33.7 Å². The van der Waals surface area contributed by atoms with Crippen molar-refractivity contribution in [1.82, 2.24) is 13.7 Å². The molecule has 0 aliphatic rings. The zero-order chi connectivity index (χ0) is 40.3. The van der Waals surface area contributed by atoms with E-state index in [1.165, 1.54) is 55.6 Å². The lowest BCUT2D eigenvalue weighted by Crippen LogP contribution is -2.42. The van der Waals surface area contributed by atoms with Gasteiger partial charge >= 0.3 is 0 Å². The first kappa shape index (κ1) is 43.1. The fourth-order valence-corrected chi connectivity index (χ4v) is 9.44. The standard InChI is InChI=1S/C25H31N3O6S3.C13H13NO3S/c1-20-4-10-23(11-5-20)35(29,30)26-16-18-28(37(33,34)25-14-8-22(3)9-15-25)19-17-27-36(31,32)24-12-6-21(2)7-13-24;1-17-12-7-9-13(10-8-12)18(15,16)14-11-5-3-2-4-6-11/h4-15,26-27H,16-19H2,1-3H3;2-10,14H,1H3. The van der Waals surface area contributed by atoms with Crippen LogP contribution >= 0.6 is 0 Å². The minimum atomic E-state index is -4.03. The number of para-hydroxylation sites is 1. The Labute approximate surface area is 324 Å². The SMILES string of the molecule is COc1ccc(S(=O)(=O)Nc2ccccc2)cc1.Cc1ccc(S(=O)(=O)NCCN(CCNS(=O)(=O)c2ccc(C)cc2)S(=O)(=O)c2ccc(C)cc2)cc1. The molecule has 5 aromatic carbocycles. The van der Waals surface area contributed by atoms with Crippen LogP contribution in [0.5, 0.6) is 5.75 Å². The van der Waals surface area contributed by atoms with Crippen LogP contribution in [0, 0.1) is 20.8 Å². The van der Waals surface area contributed by atoms with Crippen molar-refractivity contribution in [2.24, 2.45) is 0 Å². The highest BCUT2D eigenvalue weighted by atomic mass is 32.2. The maximum absolute atomic E-state index is 13.3. The van der Waals surface area contributed by atoms with Gasteiger partial charge in [-0.25, -0.2) is 43.1 Å². The van der Waals surface area contributed by atoms with E-state index in [4.69, 9.17) is 4.74 Å². The first-order valence-electron chi connectivity index (χ1n) is 16.8. The molecule has 0 unspecified atom stereocenters. The lowest BCUT2D eigenvalue weighted by atomic mass is 10.2. The summed E-state index contributed by atoms with van der Waals surface area (Å²) in [4.78, 5) is 0.363. The number of rotatable bonds is 16. The van der Waals surface area contributed by atoms with Crippen molar-refractivity contribution in [2.45, 2.75) is 40.4 Å². The molecule has 0 saturated heterocycles. The molecule has 0 aliphatic carbocycles. The second-order valence-corrected chi connectivity index (χ2v) is 19.4. The van der Waals surface area contributed by atoms with Crippen molar-refractivity contribution < 1.29 is 38.4 Å². The topological polar surface area (TPSA) is 185 Å². The van der Waals surface area contributed by atoms with Crippen molar-refractivity contribution in [2.75, 3.05) is 38.0 Å². The third-order valence-electron chi connectivity index (χ3n) is 8.02. The van der Waals surface area contributed by atoms with Gasteiger partial charge in [-0.2, -0.15) is 4.31 Å². The van der Waals surface area contributed by atoms with Crippen LogP contribution in [0.15, 0.2) is 147 Å². The Hall–Kier alpha value is -4.62. The molecule has 3 N–H and O–H groups in total. The van der Waals surface area contributed by atoms with Crippen LogP contribution in [-0.4, -0.2) is 71.3 Å². The molecule has 294 valence electrons. The summed E-state index contributed by atoms with van der Waals surface area (Å²) in [5.41, 5.74) is 3.22. The van der Waals surface area contributed by atoms with Gasteiger partial charge in [0.2, 0.25) is 30.1 Å². The third kappa shape index (κ3) is 12.4. The highest BCUT2D eigenvalue weighted by Crippen LogP contribution is 2.20. The molecule has 0 saturated carbocycles. The summed E-state index contributed by atoms with van der Waals surface area (Å²) in [6.45, 7) is 4.70. The smallest absolute Gasteiger partial charge is 0.261 e. The summed E-state index contributed by atoms with van der Waals surface area (Å²) in [5.74, 6) is 0.619. The second kappa shape index (κ2) is 18.8. The third-order valence-corrected chi connectivity index (χ3v) is 14.3. The van der Waals surface area contributed by atoms with Crippen molar-refractivity contribution in [3.8, 4) is 5.75 Å². The molecule has 0 aromatic heterocycles. The molecule has 0 radical (unpaired) electrons. The minimum Gasteiger partial charge on any atom is -0.497 e. The predicted molar refractivity (Wildman–Crippen MR) is 213 cm³/mol. The highest BCUT2D eigenvalue weighted by molar-refractivity contribution is 7.92. The molecule has 55 heavy (non-hydrogen) atoms. The van der Waals surface area contributed by atoms with E-state index in [1.54, 1.807) is 72.8 Å². The number of benzene rings is 5. The molecule has 0 amide bonds.